The van der Waals surface area contributed by atoms with Crippen molar-refractivity contribution in [2.24, 2.45) is 0 Å². The van der Waals surface area contributed by atoms with Crippen LogP contribution in [0.5, 0.6) is 5.75 Å². The summed E-state index contributed by atoms with van der Waals surface area (Å²) < 4.78 is 30.6. The summed E-state index contributed by atoms with van der Waals surface area (Å²) in [5.74, 6) is -1.94. The minimum absolute atomic E-state index is 0.200. The number of halogens is 1. The van der Waals surface area contributed by atoms with Crippen molar-refractivity contribution < 1.29 is 28.2 Å². The van der Waals surface area contributed by atoms with Crippen LogP contribution in [0.2, 0.25) is 0 Å². The lowest BCUT2D eigenvalue weighted by atomic mass is 9.91. The van der Waals surface area contributed by atoms with Gasteiger partial charge >= 0.3 is 11.9 Å². The Morgan fingerprint density at radius 2 is 1.78 bits per heavy atom. The van der Waals surface area contributed by atoms with Crippen LogP contribution in [0.15, 0.2) is 54.7 Å². The van der Waals surface area contributed by atoms with Gasteiger partial charge in [-0.2, -0.15) is 0 Å². The zero-order chi connectivity index (χ0) is 23.5. The maximum absolute atomic E-state index is 14.7. The van der Waals surface area contributed by atoms with Crippen molar-refractivity contribution in [1.82, 2.24) is 4.98 Å². The zero-order valence-corrected chi connectivity index (χ0v) is 18.7. The van der Waals surface area contributed by atoms with Crippen molar-refractivity contribution in [3.05, 3.63) is 77.4 Å². The summed E-state index contributed by atoms with van der Waals surface area (Å²) in [6, 6.07) is 12.6. The molecule has 32 heavy (non-hydrogen) atoms. The Kier molecular flexibility index (Phi) is 6.67. The number of nitrogens with one attached hydrogen (secondary N) is 1. The molecule has 0 fully saturated rings. The predicted molar refractivity (Wildman–Crippen MR) is 118 cm³/mol. The van der Waals surface area contributed by atoms with Crippen molar-refractivity contribution in [2.75, 3.05) is 14.2 Å². The molecule has 1 heterocycles. The second kappa shape index (κ2) is 9.26. The van der Waals surface area contributed by atoms with E-state index in [1.165, 1.54) is 32.4 Å². The van der Waals surface area contributed by atoms with Crippen LogP contribution in [0.3, 0.4) is 0 Å². The standard InChI is InChI=1S/C25H26FNO5/c1-25(2,3)32-24(29)22(20-7-6-12-27-20)18-13-15(9-11-21(18)30-4)17-14-16(23(28)31-5)8-10-19(17)26/h6-14,22,27H,1-5H3. The number of ether oxygens (including phenoxy) is 3. The number of carbonyl (C=O) groups excluding carboxylic acids is 2. The zero-order valence-electron chi connectivity index (χ0n) is 18.7. The van der Waals surface area contributed by atoms with Crippen LogP contribution in [0.25, 0.3) is 11.1 Å². The van der Waals surface area contributed by atoms with E-state index in [9.17, 15) is 14.0 Å². The monoisotopic (exact) mass is 439 g/mol. The molecule has 6 nitrogen and oxygen atoms in total. The lowest BCUT2D eigenvalue weighted by Crippen LogP contribution is -2.28. The molecule has 1 unspecified atom stereocenters. The number of carbonyl (C=O) groups is 2. The van der Waals surface area contributed by atoms with E-state index in [1.807, 2.05) is 0 Å². The van der Waals surface area contributed by atoms with Crippen molar-refractivity contribution in [1.29, 1.82) is 0 Å². The number of methoxy groups -OCH3 is 2. The highest BCUT2D eigenvalue weighted by atomic mass is 19.1. The van der Waals surface area contributed by atoms with Crippen molar-refractivity contribution in [2.45, 2.75) is 32.3 Å². The van der Waals surface area contributed by atoms with Gasteiger partial charge in [0.2, 0.25) is 0 Å². The summed E-state index contributed by atoms with van der Waals surface area (Å²) in [6.45, 7) is 5.37. The Morgan fingerprint density at radius 3 is 2.38 bits per heavy atom. The number of benzene rings is 2. The summed E-state index contributed by atoms with van der Waals surface area (Å²) in [6.07, 6.45) is 1.71. The lowest BCUT2D eigenvalue weighted by molar-refractivity contribution is -0.155. The molecule has 0 spiro atoms. The molecule has 2 aromatic carbocycles. The van der Waals surface area contributed by atoms with Gasteiger partial charge in [0, 0.05) is 23.0 Å². The summed E-state index contributed by atoms with van der Waals surface area (Å²) in [5, 5.41) is 0. The average Bonchev–Trinajstić information content (AvgIpc) is 3.26. The van der Waals surface area contributed by atoms with Crippen molar-refractivity contribution in [3.63, 3.8) is 0 Å². The highest BCUT2D eigenvalue weighted by molar-refractivity contribution is 5.91. The molecule has 0 saturated heterocycles. The Bertz CT molecular complexity index is 1120. The molecule has 0 radical (unpaired) electrons. The van der Waals surface area contributed by atoms with Crippen molar-refractivity contribution in [3.8, 4) is 16.9 Å². The SMILES string of the molecule is COC(=O)c1ccc(F)c(-c2ccc(OC)c(C(C(=O)OC(C)(C)C)c3ccc[nH]3)c2)c1. The normalized spacial score (nSPS) is 12.2. The van der Waals surface area contributed by atoms with E-state index >= 15 is 0 Å². The summed E-state index contributed by atoms with van der Waals surface area (Å²) >= 11 is 0. The number of aromatic amines is 1. The maximum Gasteiger partial charge on any atom is 0.337 e. The fourth-order valence-corrected chi connectivity index (χ4v) is 3.42. The highest BCUT2D eigenvalue weighted by Crippen LogP contribution is 2.37. The second-order valence-corrected chi connectivity index (χ2v) is 8.23. The molecule has 0 bridgehead atoms. The molecule has 1 N–H and O–H groups in total. The summed E-state index contributed by atoms with van der Waals surface area (Å²) in [5.41, 5.74) is 1.31. The maximum atomic E-state index is 14.7. The highest BCUT2D eigenvalue weighted by Gasteiger charge is 2.31. The van der Waals surface area contributed by atoms with Crippen LogP contribution < -0.4 is 4.74 Å². The van der Waals surface area contributed by atoms with Gasteiger partial charge < -0.3 is 19.2 Å². The third-order valence-electron chi connectivity index (χ3n) is 4.81. The smallest absolute Gasteiger partial charge is 0.337 e. The molecule has 0 aliphatic heterocycles. The van der Waals surface area contributed by atoms with E-state index in [0.717, 1.165) is 0 Å². The number of rotatable bonds is 6. The van der Waals surface area contributed by atoms with Crippen LogP contribution >= 0.6 is 0 Å². The average molecular weight is 439 g/mol. The van der Waals surface area contributed by atoms with Gasteiger partial charge in [0.05, 0.1) is 19.8 Å². The quantitative estimate of drug-likeness (QED) is 0.542. The summed E-state index contributed by atoms with van der Waals surface area (Å²) in [7, 11) is 2.76. The van der Waals surface area contributed by atoms with Gasteiger partial charge in [0.1, 0.15) is 23.1 Å². The second-order valence-electron chi connectivity index (χ2n) is 8.23. The first-order chi connectivity index (χ1) is 15.1. The number of aromatic nitrogens is 1. The first-order valence-corrected chi connectivity index (χ1v) is 10.1. The fourth-order valence-electron chi connectivity index (χ4n) is 3.42. The van der Waals surface area contributed by atoms with E-state index < -0.39 is 29.3 Å². The van der Waals surface area contributed by atoms with Crippen LogP contribution in [-0.4, -0.2) is 36.7 Å². The van der Waals surface area contributed by atoms with Crippen LogP contribution in [0.1, 0.15) is 48.3 Å². The van der Waals surface area contributed by atoms with Gasteiger partial charge in [-0.15, -0.1) is 0 Å². The Hall–Kier alpha value is -3.61. The van der Waals surface area contributed by atoms with Crippen LogP contribution in [0.4, 0.5) is 4.39 Å². The number of H-pyrrole nitrogens is 1. The van der Waals surface area contributed by atoms with Gasteiger partial charge in [-0.1, -0.05) is 6.07 Å². The third kappa shape index (κ3) is 4.99. The van der Waals surface area contributed by atoms with Gasteiger partial charge in [-0.3, -0.25) is 4.79 Å². The minimum atomic E-state index is -0.828. The van der Waals surface area contributed by atoms with Crippen LogP contribution in [0, 0.1) is 5.82 Å². The Labute approximate surface area is 186 Å². The molecule has 1 atom stereocenters. The van der Waals surface area contributed by atoms with E-state index in [4.69, 9.17) is 14.2 Å². The molecule has 7 heteroatoms. The predicted octanol–water partition coefficient (Wildman–Crippen LogP) is 5.09. The number of hydrogen-bond acceptors (Lipinski definition) is 5. The number of esters is 2. The Morgan fingerprint density at radius 1 is 1.03 bits per heavy atom. The molecule has 0 saturated carbocycles. The first-order valence-electron chi connectivity index (χ1n) is 10.1. The topological polar surface area (TPSA) is 77.6 Å². The largest absolute Gasteiger partial charge is 0.496 e. The Balaban J connectivity index is 2.17. The fraction of sp³-hybridized carbons (Fsp3) is 0.280. The molecule has 1 aromatic heterocycles. The summed E-state index contributed by atoms with van der Waals surface area (Å²) in [4.78, 5) is 28.2. The van der Waals surface area contributed by atoms with E-state index in [1.54, 1.807) is 57.3 Å². The minimum Gasteiger partial charge on any atom is -0.496 e. The van der Waals surface area contributed by atoms with E-state index in [-0.39, 0.29) is 11.1 Å². The molecule has 168 valence electrons. The molecular weight excluding hydrogens is 413 g/mol. The number of hydrogen-bond donors (Lipinski definition) is 1. The lowest BCUT2D eigenvalue weighted by Gasteiger charge is -2.25. The van der Waals surface area contributed by atoms with Gasteiger partial charge in [0.15, 0.2) is 0 Å². The molecule has 0 amide bonds. The molecule has 0 aliphatic rings. The first kappa shape index (κ1) is 23.1. The molecule has 3 aromatic rings. The van der Waals surface area contributed by atoms with Gasteiger partial charge in [-0.25, -0.2) is 9.18 Å². The van der Waals surface area contributed by atoms with Crippen molar-refractivity contribution >= 4 is 11.9 Å². The molecule has 3 rings (SSSR count). The molecule has 0 aliphatic carbocycles. The van der Waals surface area contributed by atoms with Gasteiger partial charge in [0.25, 0.3) is 0 Å². The molecular formula is C25H26FNO5. The van der Waals surface area contributed by atoms with Crippen LogP contribution in [-0.2, 0) is 14.3 Å². The van der Waals surface area contributed by atoms with E-state index in [0.29, 0.717) is 22.6 Å². The third-order valence-corrected chi connectivity index (χ3v) is 4.81. The van der Waals surface area contributed by atoms with E-state index in [2.05, 4.69) is 4.98 Å². The van der Waals surface area contributed by atoms with Gasteiger partial charge in [-0.05, 0) is 68.8 Å².